The van der Waals surface area contributed by atoms with Gasteiger partial charge in [-0.1, -0.05) is 42.5 Å². The quantitative estimate of drug-likeness (QED) is 0.534. The maximum Gasteiger partial charge on any atom is 0.151 e. The fourth-order valence-electron chi connectivity index (χ4n) is 4.24. The second kappa shape index (κ2) is 9.90. The van der Waals surface area contributed by atoms with Crippen LogP contribution in [0.25, 0.3) is 10.8 Å². The van der Waals surface area contributed by atoms with E-state index in [9.17, 15) is 13.5 Å². The van der Waals surface area contributed by atoms with Crippen LogP contribution in [-0.4, -0.2) is 62.3 Å². The fraction of sp³-hybridized carbons (Fsp3) is 0.360. The first-order chi connectivity index (χ1) is 15.4. The van der Waals surface area contributed by atoms with Gasteiger partial charge in [0.05, 0.1) is 18.6 Å². The second-order valence-electron chi connectivity index (χ2n) is 8.26. The first-order valence-electron chi connectivity index (χ1n) is 10.8. The van der Waals surface area contributed by atoms with Crippen LogP contribution in [0.15, 0.2) is 66.7 Å². The van der Waals surface area contributed by atoms with Crippen molar-refractivity contribution in [2.24, 2.45) is 0 Å². The molecule has 170 valence electrons. The Morgan fingerprint density at radius 2 is 1.75 bits per heavy atom. The fourth-order valence-corrected chi connectivity index (χ4v) is 6.00. The van der Waals surface area contributed by atoms with Gasteiger partial charge >= 0.3 is 0 Å². The summed E-state index contributed by atoms with van der Waals surface area (Å²) in [5.74, 6) is 1.71. The molecular formula is C25H29NO5S. The summed E-state index contributed by atoms with van der Waals surface area (Å²) in [5.41, 5.74) is 1.12. The Morgan fingerprint density at radius 3 is 2.47 bits per heavy atom. The minimum absolute atomic E-state index is 0.116. The molecule has 0 radical (unpaired) electrons. The normalized spacial score (nSPS) is 18.7. The van der Waals surface area contributed by atoms with Crippen LogP contribution < -0.4 is 9.47 Å². The SMILES string of the molecule is COc1ccc(OC[C@@H](O)CN(Cc2cccc3ccccc23)[C@@H]2CCS(=O)(=O)C2)cc1. The molecule has 7 heteroatoms. The molecule has 0 saturated carbocycles. The number of fused-ring (bicyclic) bond motifs is 1. The number of hydrogen-bond donors (Lipinski definition) is 1. The number of aliphatic hydroxyl groups excluding tert-OH is 1. The summed E-state index contributed by atoms with van der Waals surface area (Å²) in [5, 5.41) is 13.0. The summed E-state index contributed by atoms with van der Waals surface area (Å²) >= 11 is 0. The van der Waals surface area contributed by atoms with E-state index in [4.69, 9.17) is 9.47 Å². The highest BCUT2D eigenvalue weighted by Gasteiger charge is 2.33. The number of rotatable bonds is 9. The molecular weight excluding hydrogens is 426 g/mol. The average molecular weight is 456 g/mol. The summed E-state index contributed by atoms with van der Waals surface area (Å²) in [4.78, 5) is 2.09. The van der Waals surface area contributed by atoms with Gasteiger partial charge in [-0.15, -0.1) is 0 Å². The number of ether oxygens (including phenoxy) is 2. The number of aliphatic hydroxyl groups is 1. The molecule has 3 aromatic carbocycles. The van der Waals surface area contributed by atoms with Crippen molar-refractivity contribution < 1.29 is 23.0 Å². The Kier molecular flexibility index (Phi) is 6.98. The molecule has 0 bridgehead atoms. The van der Waals surface area contributed by atoms with E-state index in [0.29, 0.717) is 25.3 Å². The predicted molar refractivity (Wildman–Crippen MR) is 126 cm³/mol. The zero-order valence-electron chi connectivity index (χ0n) is 18.2. The van der Waals surface area contributed by atoms with Gasteiger partial charge < -0.3 is 14.6 Å². The van der Waals surface area contributed by atoms with Crippen molar-refractivity contribution in [1.29, 1.82) is 0 Å². The molecule has 0 aromatic heterocycles. The van der Waals surface area contributed by atoms with Gasteiger partial charge in [-0.05, 0) is 47.0 Å². The van der Waals surface area contributed by atoms with Crippen LogP contribution in [0.5, 0.6) is 11.5 Å². The Labute approximate surface area is 189 Å². The number of sulfone groups is 1. The molecule has 1 saturated heterocycles. The Morgan fingerprint density at radius 1 is 1.03 bits per heavy atom. The third-order valence-electron chi connectivity index (χ3n) is 5.93. The molecule has 0 aliphatic carbocycles. The zero-order chi connectivity index (χ0) is 22.6. The predicted octanol–water partition coefficient (Wildman–Crippen LogP) is 3.28. The third-order valence-corrected chi connectivity index (χ3v) is 7.68. The highest BCUT2D eigenvalue weighted by atomic mass is 32.2. The van der Waals surface area contributed by atoms with Crippen molar-refractivity contribution in [3.05, 3.63) is 72.3 Å². The largest absolute Gasteiger partial charge is 0.497 e. The van der Waals surface area contributed by atoms with Crippen LogP contribution in [0.2, 0.25) is 0 Å². The van der Waals surface area contributed by atoms with Gasteiger partial charge in [-0.2, -0.15) is 0 Å². The lowest BCUT2D eigenvalue weighted by atomic mass is 10.0. The van der Waals surface area contributed by atoms with E-state index in [1.165, 1.54) is 0 Å². The Hall–Kier alpha value is -2.61. The summed E-state index contributed by atoms with van der Waals surface area (Å²) in [6, 6.07) is 21.4. The van der Waals surface area contributed by atoms with Crippen molar-refractivity contribution in [3.8, 4) is 11.5 Å². The molecule has 1 aliphatic heterocycles. The molecule has 6 nitrogen and oxygen atoms in total. The number of hydrogen-bond acceptors (Lipinski definition) is 6. The maximum absolute atomic E-state index is 12.1. The lowest BCUT2D eigenvalue weighted by Crippen LogP contribution is -2.42. The van der Waals surface area contributed by atoms with Crippen molar-refractivity contribution in [3.63, 3.8) is 0 Å². The standard InChI is InChI=1S/C25H29NO5S/c1-30-23-9-11-24(12-10-23)31-17-22(27)16-26(21-13-14-32(28,29)18-21)15-20-7-4-6-19-5-2-3-8-25(19)20/h2-12,21-22,27H,13-18H2,1H3/t21-,22+/m1/s1. The van der Waals surface area contributed by atoms with Gasteiger partial charge in [-0.25, -0.2) is 8.42 Å². The minimum Gasteiger partial charge on any atom is -0.497 e. The smallest absolute Gasteiger partial charge is 0.151 e. The molecule has 0 unspecified atom stereocenters. The monoisotopic (exact) mass is 455 g/mol. The first kappa shape index (κ1) is 22.6. The van der Waals surface area contributed by atoms with Gasteiger partial charge in [0.1, 0.15) is 24.2 Å². The second-order valence-corrected chi connectivity index (χ2v) is 10.5. The molecule has 32 heavy (non-hydrogen) atoms. The lowest BCUT2D eigenvalue weighted by molar-refractivity contribution is 0.0526. The summed E-state index contributed by atoms with van der Waals surface area (Å²) in [6.45, 7) is 1.03. The zero-order valence-corrected chi connectivity index (χ0v) is 19.0. The molecule has 1 N–H and O–H groups in total. The van der Waals surface area contributed by atoms with E-state index in [-0.39, 0.29) is 24.2 Å². The Balaban J connectivity index is 1.47. The molecule has 0 spiro atoms. The van der Waals surface area contributed by atoms with Crippen molar-refractivity contribution in [1.82, 2.24) is 4.90 Å². The molecule has 3 aromatic rings. The maximum atomic E-state index is 12.1. The van der Waals surface area contributed by atoms with E-state index >= 15 is 0 Å². The van der Waals surface area contributed by atoms with E-state index in [2.05, 4.69) is 29.2 Å². The number of methoxy groups -OCH3 is 1. The summed E-state index contributed by atoms with van der Waals surface area (Å²) in [6.07, 6.45) is -0.172. The van der Waals surface area contributed by atoms with E-state index in [1.54, 1.807) is 31.4 Å². The van der Waals surface area contributed by atoms with Crippen LogP contribution in [0, 0.1) is 0 Å². The van der Waals surface area contributed by atoms with E-state index < -0.39 is 15.9 Å². The lowest BCUT2D eigenvalue weighted by Gasteiger charge is -2.30. The minimum atomic E-state index is -3.04. The molecule has 0 amide bonds. The number of nitrogens with zero attached hydrogens (tertiary/aromatic N) is 1. The van der Waals surface area contributed by atoms with Crippen LogP contribution in [0.3, 0.4) is 0 Å². The van der Waals surface area contributed by atoms with Gasteiger partial charge in [-0.3, -0.25) is 4.90 Å². The highest BCUT2D eigenvalue weighted by Crippen LogP contribution is 2.25. The molecule has 1 heterocycles. The molecule has 4 rings (SSSR count). The van der Waals surface area contributed by atoms with Crippen LogP contribution >= 0.6 is 0 Å². The van der Waals surface area contributed by atoms with Gasteiger partial charge in [0.25, 0.3) is 0 Å². The van der Waals surface area contributed by atoms with Crippen LogP contribution in [0.4, 0.5) is 0 Å². The van der Waals surface area contributed by atoms with Crippen LogP contribution in [0.1, 0.15) is 12.0 Å². The van der Waals surface area contributed by atoms with E-state index in [1.807, 2.05) is 18.2 Å². The third kappa shape index (κ3) is 5.59. The van der Waals surface area contributed by atoms with Crippen molar-refractivity contribution >= 4 is 20.6 Å². The van der Waals surface area contributed by atoms with E-state index in [0.717, 1.165) is 22.1 Å². The van der Waals surface area contributed by atoms with Crippen molar-refractivity contribution in [2.75, 3.05) is 31.8 Å². The van der Waals surface area contributed by atoms with Gasteiger partial charge in [0.15, 0.2) is 9.84 Å². The van der Waals surface area contributed by atoms with Gasteiger partial charge in [0.2, 0.25) is 0 Å². The highest BCUT2D eigenvalue weighted by molar-refractivity contribution is 7.91. The molecule has 1 aliphatic rings. The Bertz CT molecular complexity index is 1140. The average Bonchev–Trinajstić information content (AvgIpc) is 3.17. The number of benzene rings is 3. The summed E-state index contributed by atoms with van der Waals surface area (Å²) < 4.78 is 35.2. The van der Waals surface area contributed by atoms with Crippen LogP contribution in [-0.2, 0) is 16.4 Å². The summed E-state index contributed by atoms with van der Waals surface area (Å²) in [7, 11) is -1.43. The molecule has 1 fully saturated rings. The first-order valence-corrected chi connectivity index (χ1v) is 12.6. The molecule has 2 atom stereocenters. The van der Waals surface area contributed by atoms with Crippen molar-refractivity contribution in [2.45, 2.75) is 25.1 Å². The van der Waals surface area contributed by atoms with Gasteiger partial charge in [0, 0.05) is 19.1 Å². The topological polar surface area (TPSA) is 76.1 Å².